The number of aliphatic hydroxyl groups is 1. The lowest BCUT2D eigenvalue weighted by atomic mass is 10.1. The van der Waals surface area contributed by atoms with Crippen molar-refractivity contribution in [2.24, 2.45) is 0 Å². The van der Waals surface area contributed by atoms with Crippen molar-refractivity contribution in [1.29, 1.82) is 0 Å². The van der Waals surface area contributed by atoms with Gasteiger partial charge in [-0.05, 0) is 26.0 Å². The number of carboxylic acids is 1. The van der Waals surface area contributed by atoms with Gasteiger partial charge in [-0.1, -0.05) is 0 Å². The molecule has 82 valence electrons. The highest BCUT2D eigenvalue weighted by molar-refractivity contribution is 5.76. The Morgan fingerprint density at radius 3 is 2.87 bits per heavy atom. The summed E-state index contributed by atoms with van der Waals surface area (Å²) in [5, 5.41) is 18.0. The number of aromatic nitrogens is 1. The van der Waals surface area contributed by atoms with Crippen molar-refractivity contribution in [2.45, 2.75) is 19.4 Å². The average Bonchev–Trinajstić information content (AvgIpc) is 2.16. The van der Waals surface area contributed by atoms with Gasteiger partial charge in [0.15, 0.2) is 5.60 Å². The maximum Gasteiger partial charge on any atom is 0.339 e. The summed E-state index contributed by atoms with van der Waals surface area (Å²) in [7, 11) is 0. The number of pyridine rings is 1. The van der Waals surface area contributed by atoms with E-state index in [1.807, 2.05) is 0 Å². The van der Waals surface area contributed by atoms with Gasteiger partial charge in [-0.25, -0.2) is 4.79 Å². The molecule has 1 aromatic rings. The van der Waals surface area contributed by atoms with Crippen molar-refractivity contribution in [3.63, 3.8) is 0 Å². The predicted octanol–water partition coefficient (Wildman–Crippen LogP) is 0.604. The number of hydrogen-bond acceptors (Lipinski definition) is 4. The normalized spacial score (nSPS) is 14.3. The van der Waals surface area contributed by atoms with Crippen LogP contribution in [0.25, 0.3) is 0 Å². The van der Waals surface area contributed by atoms with E-state index in [4.69, 9.17) is 9.84 Å². The summed E-state index contributed by atoms with van der Waals surface area (Å²) in [5.41, 5.74) is -1.24. The highest BCUT2D eigenvalue weighted by Crippen LogP contribution is 2.15. The standard InChI is InChI=1S/C10H13NO4/c1-7-8(4-3-5-11-7)15-6-10(2,14)9(12)13/h3-5,14H,6H2,1-2H3,(H,12,13). The topological polar surface area (TPSA) is 79.7 Å². The van der Waals surface area contributed by atoms with Gasteiger partial charge in [-0.15, -0.1) is 0 Å². The van der Waals surface area contributed by atoms with E-state index in [0.717, 1.165) is 0 Å². The van der Waals surface area contributed by atoms with E-state index in [1.165, 1.54) is 6.92 Å². The van der Waals surface area contributed by atoms with Crippen molar-refractivity contribution in [3.05, 3.63) is 24.0 Å². The molecule has 0 bridgehead atoms. The predicted molar refractivity (Wildman–Crippen MR) is 52.7 cm³/mol. The largest absolute Gasteiger partial charge is 0.488 e. The fraction of sp³-hybridized carbons (Fsp3) is 0.400. The van der Waals surface area contributed by atoms with Crippen LogP contribution < -0.4 is 4.74 Å². The van der Waals surface area contributed by atoms with Gasteiger partial charge in [0.1, 0.15) is 12.4 Å². The second-order valence-electron chi connectivity index (χ2n) is 3.45. The van der Waals surface area contributed by atoms with Crippen LogP contribution in [0.15, 0.2) is 18.3 Å². The SMILES string of the molecule is Cc1ncccc1OCC(C)(O)C(=O)O. The lowest BCUT2D eigenvalue weighted by Gasteiger charge is -2.18. The van der Waals surface area contributed by atoms with Crippen molar-refractivity contribution >= 4 is 5.97 Å². The van der Waals surface area contributed by atoms with Crippen molar-refractivity contribution in [2.75, 3.05) is 6.61 Å². The van der Waals surface area contributed by atoms with Crippen LogP contribution in [0.5, 0.6) is 5.75 Å². The molecule has 0 saturated carbocycles. The quantitative estimate of drug-likeness (QED) is 0.762. The Hall–Kier alpha value is -1.62. The minimum Gasteiger partial charge on any atom is -0.488 e. The first-order valence-corrected chi connectivity index (χ1v) is 4.43. The van der Waals surface area contributed by atoms with E-state index in [0.29, 0.717) is 11.4 Å². The third-order valence-corrected chi connectivity index (χ3v) is 1.93. The second kappa shape index (κ2) is 4.27. The summed E-state index contributed by atoms with van der Waals surface area (Å²) in [6.07, 6.45) is 1.61. The molecule has 0 aromatic carbocycles. The molecule has 0 saturated heterocycles. The summed E-state index contributed by atoms with van der Waals surface area (Å²) in [6.45, 7) is 2.61. The molecule has 5 heteroatoms. The highest BCUT2D eigenvalue weighted by Gasteiger charge is 2.31. The zero-order valence-electron chi connectivity index (χ0n) is 8.60. The molecule has 2 N–H and O–H groups in total. The number of aliphatic carboxylic acids is 1. The van der Waals surface area contributed by atoms with Crippen LogP contribution in [0.4, 0.5) is 0 Å². The van der Waals surface area contributed by atoms with Gasteiger partial charge in [0.25, 0.3) is 0 Å². The summed E-state index contributed by atoms with van der Waals surface area (Å²) in [4.78, 5) is 14.6. The fourth-order valence-electron chi connectivity index (χ4n) is 0.902. The first-order valence-electron chi connectivity index (χ1n) is 4.43. The summed E-state index contributed by atoms with van der Waals surface area (Å²) in [6, 6.07) is 3.35. The Morgan fingerprint density at radius 1 is 1.67 bits per heavy atom. The summed E-state index contributed by atoms with van der Waals surface area (Å²) < 4.78 is 5.17. The molecule has 1 atom stereocenters. The van der Waals surface area contributed by atoms with Gasteiger partial charge >= 0.3 is 5.97 Å². The van der Waals surface area contributed by atoms with Crippen molar-refractivity contribution in [1.82, 2.24) is 4.98 Å². The molecule has 0 aliphatic carbocycles. The molecule has 1 heterocycles. The third-order valence-electron chi connectivity index (χ3n) is 1.93. The lowest BCUT2D eigenvalue weighted by molar-refractivity contribution is -0.159. The molecule has 0 spiro atoms. The monoisotopic (exact) mass is 211 g/mol. The molecule has 0 aliphatic rings. The Balaban J connectivity index is 2.66. The molecule has 0 fully saturated rings. The van der Waals surface area contributed by atoms with Crippen LogP contribution in [0.2, 0.25) is 0 Å². The Bertz CT molecular complexity index is 362. The van der Waals surface area contributed by atoms with Gasteiger partial charge in [0.05, 0.1) is 5.69 Å². The van der Waals surface area contributed by atoms with Crippen LogP contribution in [0.1, 0.15) is 12.6 Å². The number of rotatable bonds is 4. The van der Waals surface area contributed by atoms with E-state index in [9.17, 15) is 9.90 Å². The number of carbonyl (C=O) groups is 1. The molecular weight excluding hydrogens is 198 g/mol. The molecule has 5 nitrogen and oxygen atoms in total. The highest BCUT2D eigenvalue weighted by atomic mass is 16.5. The van der Waals surface area contributed by atoms with Gasteiger partial charge in [0, 0.05) is 6.20 Å². The molecule has 1 aromatic heterocycles. The number of nitrogens with zero attached hydrogens (tertiary/aromatic N) is 1. The zero-order valence-corrected chi connectivity index (χ0v) is 8.60. The number of ether oxygens (including phenoxy) is 1. The second-order valence-corrected chi connectivity index (χ2v) is 3.45. The van der Waals surface area contributed by atoms with E-state index >= 15 is 0 Å². The van der Waals surface area contributed by atoms with Gasteiger partial charge in [-0.3, -0.25) is 4.98 Å². The smallest absolute Gasteiger partial charge is 0.339 e. The number of aryl methyl sites for hydroxylation is 1. The summed E-state index contributed by atoms with van der Waals surface area (Å²) in [5.74, 6) is -0.844. The van der Waals surface area contributed by atoms with Gasteiger partial charge in [0.2, 0.25) is 0 Å². The van der Waals surface area contributed by atoms with Gasteiger partial charge in [-0.2, -0.15) is 0 Å². The minimum absolute atomic E-state index is 0.311. The van der Waals surface area contributed by atoms with Crippen LogP contribution in [-0.4, -0.2) is 33.4 Å². The first kappa shape index (κ1) is 11.5. The van der Waals surface area contributed by atoms with Crippen LogP contribution >= 0.6 is 0 Å². The lowest BCUT2D eigenvalue weighted by Crippen LogP contribution is -2.41. The van der Waals surface area contributed by atoms with E-state index in [2.05, 4.69) is 4.98 Å². The molecule has 0 amide bonds. The number of hydrogen-bond donors (Lipinski definition) is 2. The maximum absolute atomic E-state index is 10.6. The molecular formula is C10H13NO4. The first-order chi connectivity index (χ1) is 6.93. The Labute approximate surface area is 87.3 Å². The van der Waals surface area contributed by atoms with E-state index in [1.54, 1.807) is 25.3 Å². The third kappa shape index (κ3) is 2.92. The van der Waals surface area contributed by atoms with E-state index < -0.39 is 11.6 Å². The summed E-state index contributed by atoms with van der Waals surface area (Å²) >= 11 is 0. The number of carboxylic acid groups (broad SMARTS) is 1. The molecule has 1 unspecified atom stereocenters. The molecule has 15 heavy (non-hydrogen) atoms. The Morgan fingerprint density at radius 2 is 2.33 bits per heavy atom. The van der Waals surface area contributed by atoms with Crippen LogP contribution in [0, 0.1) is 6.92 Å². The van der Waals surface area contributed by atoms with E-state index in [-0.39, 0.29) is 6.61 Å². The van der Waals surface area contributed by atoms with Gasteiger partial charge < -0.3 is 14.9 Å². The minimum atomic E-state index is -1.89. The molecule has 1 rings (SSSR count). The molecule has 0 radical (unpaired) electrons. The van der Waals surface area contributed by atoms with Crippen LogP contribution in [-0.2, 0) is 4.79 Å². The van der Waals surface area contributed by atoms with Crippen LogP contribution in [0.3, 0.4) is 0 Å². The molecule has 0 aliphatic heterocycles. The zero-order chi connectivity index (χ0) is 11.5. The Kier molecular flexibility index (Phi) is 3.26. The maximum atomic E-state index is 10.6. The fourth-order valence-corrected chi connectivity index (χ4v) is 0.902. The van der Waals surface area contributed by atoms with Crippen molar-refractivity contribution < 1.29 is 19.7 Å². The van der Waals surface area contributed by atoms with Crippen molar-refractivity contribution in [3.8, 4) is 5.75 Å². The average molecular weight is 211 g/mol.